The van der Waals surface area contributed by atoms with Crippen LogP contribution in [0.4, 0.5) is 5.69 Å². The minimum absolute atomic E-state index is 0.0806. The molecule has 1 amide bonds. The predicted octanol–water partition coefficient (Wildman–Crippen LogP) is 4.98. The van der Waals surface area contributed by atoms with Gasteiger partial charge < -0.3 is 14.6 Å². The number of methoxy groups -OCH3 is 1. The Morgan fingerprint density at radius 1 is 1.07 bits per heavy atom. The second-order valence-corrected chi connectivity index (χ2v) is 7.51. The number of thioether (sulfide) groups is 1. The summed E-state index contributed by atoms with van der Waals surface area (Å²) < 4.78 is 7.09. The Hall–Kier alpha value is -3.25. The van der Waals surface area contributed by atoms with Crippen LogP contribution in [0.25, 0.3) is 10.9 Å². The topological polar surface area (TPSA) is 56.1 Å². The highest BCUT2D eigenvalue weighted by Crippen LogP contribution is 2.29. The molecule has 29 heavy (non-hydrogen) atoms. The highest BCUT2D eigenvalue weighted by atomic mass is 32.2. The van der Waals surface area contributed by atoms with Crippen LogP contribution in [0.1, 0.15) is 5.56 Å². The number of nitrogens with zero attached hydrogens (tertiary/aromatic N) is 2. The molecule has 0 atom stereocenters. The largest absolute Gasteiger partial charge is 0.497 e. The first-order valence-electron chi connectivity index (χ1n) is 9.27. The van der Waals surface area contributed by atoms with E-state index in [-0.39, 0.29) is 12.5 Å². The van der Waals surface area contributed by atoms with E-state index >= 15 is 0 Å². The van der Waals surface area contributed by atoms with Crippen molar-refractivity contribution in [3.63, 3.8) is 0 Å². The number of pyridine rings is 1. The number of carbonyl (C=O) groups excluding carboxylic acids is 1. The molecule has 2 aromatic heterocycles. The van der Waals surface area contributed by atoms with Gasteiger partial charge in [0.05, 0.1) is 12.6 Å². The zero-order chi connectivity index (χ0) is 20.1. The van der Waals surface area contributed by atoms with E-state index in [4.69, 9.17) is 4.74 Å². The lowest BCUT2D eigenvalue weighted by molar-refractivity contribution is -0.116. The van der Waals surface area contributed by atoms with Crippen LogP contribution in [0.5, 0.6) is 5.75 Å². The van der Waals surface area contributed by atoms with Crippen molar-refractivity contribution in [2.24, 2.45) is 0 Å². The minimum atomic E-state index is -0.0806. The molecular formula is C23H21N3O2S. The van der Waals surface area contributed by atoms with E-state index < -0.39 is 0 Å². The van der Waals surface area contributed by atoms with Gasteiger partial charge in [0.2, 0.25) is 5.91 Å². The molecule has 5 nitrogen and oxygen atoms in total. The van der Waals surface area contributed by atoms with Crippen molar-refractivity contribution in [3.8, 4) is 5.75 Å². The van der Waals surface area contributed by atoms with E-state index in [1.165, 1.54) is 5.56 Å². The van der Waals surface area contributed by atoms with Crippen molar-refractivity contribution in [2.75, 3.05) is 12.4 Å². The minimum Gasteiger partial charge on any atom is -0.497 e. The van der Waals surface area contributed by atoms with E-state index in [0.717, 1.165) is 33.1 Å². The monoisotopic (exact) mass is 403 g/mol. The molecule has 2 heterocycles. The SMILES string of the molecule is COc1ccc(NC(=O)Cn2ccc3c(SCc4ccccc4)nccc32)cc1. The molecule has 0 saturated carbocycles. The fourth-order valence-corrected chi connectivity index (χ4v) is 4.06. The lowest BCUT2D eigenvalue weighted by Crippen LogP contribution is -2.18. The highest BCUT2D eigenvalue weighted by Gasteiger charge is 2.11. The van der Waals surface area contributed by atoms with Crippen LogP contribution in [0.2, 0.25) is 0 Å². The molecule has 4 rings (SSSR count). The first kappa shape index (κ1) is 19.1. The van der Waals surface area contributed by atoms with Gasteiger partial charge >= 0.3 is 0 Å². The smallest absolute Gasteiger partial charge is 0.244 e. The van der Waals surface area contributed by atoms with Gasteiger partial charge in [-0.15, -0.1) is 11.8 Å². The van der Waals surface area contributed by atoms with Crippen LogP contribution in [0, 0.1) is 0 Å². The van der Waals surface area contributed by atoms with Gasteiger partial charge in [-0.3, -0.25) is 4.79 Å². The summed E-state index contributed by atoms with van der Waals surface area (Å²) in [7, 11) is 1.62. The number of benzene rings is 2. The average molecular weight is 404 g/mol. The number of ether oxygens (including phenoxy) is 1. The summed E-state index contributed by atoms with van der Waals surface area (Å²) in [5.74, 6) is 1.53. The van der Waals surface area contributed by atoms with Crippen molar-refractivity contribution in [1.29, 1.82) is 0 Å². The summed E-state index contributed by atoms with van der Waals surface area (Å²) in [5.41, 5.74) is 3.00. The molecule has 1 N–H and O–H groups in total. The molecular weight excluding hydrogens is 382 g/mol. The van der Waals surface area contributed by atoms with Crippen LogP contribution in [-0.2, 0) is 17.1 Å². The molecule has 0 aliphatic carbocycles. The summed E-state index contributed by atoms with van der Waals surface area (Å²) in [6, 6.07) is 21.6. The molecule has 0 bridgehead atoms. The standard InChI is InChI=1S/C23H21N3O2S/c1-28-19-9-7-18(8-10-19)25-22(27)15-26-14-12-20-21(26)11-13-24-23(20)29-16-17-5-3-2-4-6-17/h2-14H,15-16H2,1H3,(H,25,27). The Bertz CT molecular complexity index is 1110. The quantitative estimate of drug-likeness (QED) is 0.442. The molecule has 4 aromatic rings. The lowest BCUT2D eigenvalue weighted by Gasteiger charge is -2.09. The van der Waals surface area contributed by atoms with Gasteiger partial charge in [0.1, 0.15) is 17.3 Å². The van der Waals surface area contributed by atoms with Crippen LogP contribution in [-0.4, -0.2) is 22.6 Å². The van der Waals surface area contributed by atoms with Gasteiger partial charge in [-0.2, -0.15) is 0 Å². The van der Waals surface area contributed by atoms with Gasteiger partial charge in [0.15, 0.2) is 0 Å². The van der Waals surface area contributed by atoms with Crippen LogP contribution < -0.4 is 10.1 Å². The molecule has 146 valence electrons. The van der Waals surface area contributed by atoms with E-state index in [1.54, 1.807) is 25.1 Å². The highest BCUT2D eigenvalue weighted by molar-refractivity contribution is 7.98. The number of aromatic nitrogens is 2. The first-order valence-corrected chi connectivity index (χ1v) is 10.3. The summed E-state index contributed by atoms with van der Waals surface area (Å²) in [4.78, 5) is 17.0. The van der Waals surface area contributed by atoms with Gasteiger partial charge in [-0.05, 0) is 42.0 Å². The van der Waals surface area contributed by atoms with Gasteiger partial charge in [0, 0.05) is 29.2 Å². The van der Waals surface area contributed by atoms with Gasteiger partial charge in [-0.25, -0.2) is 4.98 Å². The Morgan fingerprint density at radius 3 is 2.62 bits per heavy atom. The lowest BCUT2D eigenvalue weighted by atomic mass is 10.2. The fraction of sp³-hybridized carbons (Fsp3) is 0.130. The third-order valence-electron chi connectivity index (χ3n) is 4.57. The Labute approximate surface area is 173 Å². The number of anilines is 1. The zero-order valence-electron chi connectivity index (χ0n) is 16.0. The maximum Gasteiger partial charge on any atom is 0.244 e. The zero-order valence-corrected chi connectivity index (χ0v) is 16.9. The molecule has 0 aliphatic rings. The predicted molar refractivity (Wildman–Crippen MR) is 117 cm³/mol. The van der Waals surface area contributed by atoms with Gasteiger partial charge in [0.25, 0.3) is 0 Å². The number of carbonyl (C=O) groups is 1. The van der Waals surface area contributed by atoms with E-state index in [1.807, 2.05) is 65.4 Å². The average Bonchev–Trinajstić information content (AvgIpc) is 3.17. The van der Waals surface area contributed by atoms with E-state index in [9.17, 15) is 4.79 Å². The van der Waals surface area contributed by atoms with Crippen molar-refractivity contribution in [1.82, 2.24) is 9.55 Å². The number of hydrogen-bond donors (Lipinski definition) is 1. The third-order valence-corrected chi connectivity index (χ3v) is 5.64. The summed E-state index contributed by atoms with van der Waals surface area (Å²) >= 11 is 1.70. The molecule has 2 aromatic carbocycles. The number of nitrogens with one attached hydrogen (secondary N) is 1. The molecule has 0 fully saturated rings. The molecule has 0 saturated heterocycles. The summed E-state index contributed by atoms with van der Waals surface area (Å²) in [6.45, 7) is 0.238. The Kier molecular flexibility index (Phi) is 5.81. The molecule has 6 heteroatoms. The third kappa shape index (κ3) is 4.60. The normalized spacial score (nSPS) is 10.8. The Morgan fingerprint density at radius 2 is 1.86 bits per heavy atom. The molecule has 0 spiro atoms. The van der Waals surface area contributed by atoms with E-state index in [2.05, 4.69) is 22.4 Å². The van der Waals surface area contributed by atoms with Gasteiger partial charge in [-0.1, -0.05) is 30.3 Å². The second kappa shape index (κ2) is 8.84. The van der Waals surface area contributed by atoms with Crippen LogP contribution in [0.15, 0.2) is 84.1 Å². The maximum absolute atomic E-state index is 12.5. The molecule has 0 radical (unpaired) electrons. The van der Waals surface area contributed by atoms with Crippen molar-refractivity contribution in [3.05, 3.63) is 84.7 Å². The van der Waals surface area contributed by atoms with E-state index in [0.29, 0.717) is 0 Å². The summed E-state index contributed by atoms with van der Waals surface area (Å²) in [5, 5.41) is 4.95. The maximum atomic E-state index is 12.5. The molecule has 0 aliphatic heterocycles. The first-order chi connectivity index (χ1) is 14.2. The van der Waals surface area contributed by atoms with Crippen molar-refractivity contribution < 1.29 is 9.53 Å². The van der Waals surface area contributed by atoms with Crippen molar-refractivity contribution in [2.45, 2.75) is 17.3 Å². The Balaban J connectivity index is 1.46. The fourth-order valence-electron chi connectivity index (χ4n) is 3.10. The number of hydrogen-bond acceptors (Lipinski definition) is 4. The molecule has 0 unspecified atom stereocenters. The van der Waals surface area contributed by atoms with Crippen molar-refractivity contribution >= 4 is 34.3 Å². The van der Waals surface area contributed by atoms with Crippen LogP contribution >= 0.6 is 11.8 Å². The number of rotatable bonds is 7. The number of fused-ring (bicyclic) bond motifs is 1. The summed E-state index contributed by atoms with van der Waals surface area (Å²) in [6.07, 6.45) is 3.74. The second-order valence-electron chi connectivity index (χ2n) is 6.54. The van der Waals surface area contributed by atoms with Crippen LogP contribution in [0.3, 0.4) is 0 Å². The number of amides is 1.